The molecule has 0 radical (unpaired) electrons. The minimum atomic E-state index is -0.204. The summed E-state index contributed by atoms with van der Waals surface area (Å²) in [5.74, 6) is -0.0292. The second-order valence-electron chi connectivity index (χ2n) is 7.00. The molecule has 0 aliphatic rings. The van der Waals surface area contributed by atoms with Crippen LogP contribution in [0.1, 0.15) is 35.3 Å². The van der Waals surface area contributed by atoms with Crippen LogP contribution in [0.3, 0.4) is 0 Å². The van der Waals surface area contributed by atoms with Crippen molar-refractivity contribution in [3.05, 3.63) is 71.3 Å². The van der Waals surface area contributed by atoms with Gasteiger partial charge in [0.2, 0.25) is 0 Å². The summed E-state index contributed by atoms with van der Waals surface area (Å²) >= 11 is 0. The predicted molar refractivity (Wildman–Crippen MR) is 112 cm³/mol. The summed E-state index contributed by atoms with van der Waals surface area (Å²) in [6.07, 6.45) is 0.791. The molecule has 6 nitrogen and oxygen atoms in total. The largest absolute Gasteiger partial charge is 0.337 e. The van der Waals surface area contributed by atoms with E-state index in [0.717, 1.165) is 12.0 Å². The minimum Gasteiger partial charge on any atom is -0.337 e. The van der Waals surface area contributed by atoms with Crippen molar-refractivity contribution < 1.29 is 9.59 Å². The second-order valence-corrected chi connectivity index (χ2v) is 7.00. The number of nitrogens with one attached hydrogen (secondary N) is 2. The summed E-state index contributed by atoms with van der Waals surface area (Å²) in [6, 6.07) is 17.3. The third kappa shape index (κ3) is 7.04. The van der Waals surface area contributed by atoms with Crippen molar-refractivity contribution in [2.45, 2.75) is 32.9 Å². The maximum absolute atomic E-state index is 12.8. The van der Waals surface area contributed by atoms with Crippen LogP contribution in [-0.2, 0) is 13.0 Å². The molecule has 2 rings (SSSR count). The number of hydrogen-bond acceptors (Lipinski definition) is 3. The Morgan fingerprint density at radius 2 is 1.64 bits per heavy atom. The number of hydrogen-bond donors (Lipinski definition) is 3. The summed E-state index contributed by atoms with van der Waals surface area (Å²) in [4.78, 5) is 26.3. The topological polar surface area (TPSA) is 87.5 Å². The molecule has 4 N–H and O–H groups in total. The van der Waals surface area contributed by atoms with E-state index in [-0.39, 0.29) is 18.0 Å². The van der Waals surface area contributed by atoms with E-state index in [9.17, 15) is 9.59 Å². The highest BCUT2D eigenvalue weighted by Gasteiger charge is 2.15. The Morgan fingerprint density at radius 3 is 2.25 bits per heavy atom. The molecule has 0 atom stereocenters. The standard InChI is InChI=1S/C22H30N4O2/c1-17(2)25-22(28)24-16-19-8-10-20(11-9-19)21(27)26(15-13-23)14-12-18-6-4-3-5-7-18/h3-11,17H,12-16,23H2,1-2H3,(H2,24,25,28). The van der Waals surface area contributed by atoms with Crippen LogP contribution in [0, 0.1) is 0 Å². The molecule has 0 spiro atoms. The average Bonchev–Trinajstić information content (AvgIpc) is 2.70. The molecule has 0 saturated carbocycles. The van der Waals surface area contributed by atoms with Gasteiger partial charge in [0, 0.05) is 37.8 Å². The van der Waals surface area contributed by atoms with Gasteiger partial charge in [-0.1, -0.05) is 42.5 Å². The van der Waals surface area contributed by atoms with Gasteiger partial charge in [-0.3, -0.25) is 4.79 Å². The van der Waals surface area contributed by atoms with E-state index in [1.807, 2.05) is 44.2 Å². The van der Waals surface area contributed by atoms with Crippen LogP contribution >= 0.6 is 0 Å². The van der Waals surface area contributed by atoms with E-state index < -0.39 is 0 Å². The van der Waals surface area contributed by atoms with Crippen molar-refractivity contribution in [3.8, 4) is 0 Å². The van der Waals surface area contributed by atoms with Crippen LogP contribution in [0.4, 0.5) is 4.79 Å². The summed E-state index contributed by atoms with van der Waals surface area (Å²) in [5, 5.41) is 5.58. The van der Waals surface area contributed by atoms with Crippen molar-refractivity contribution >= 4 is 11.9 Å². The molecule has 0 aliphatic heterocycles. The fourth-order valence-electron chi connectivity index (χ4n) is 2.82. The van der Waals surface area contributed by atoms with E-state index in [0.29, 0.717) is 31.7 Å². The first-order chi connectivity index (χ1) is 13.5. The van der Waals surface area contributed by atoms with Gasteiger partial charge in [-0.2, -0.15) is 0 Å². The van der Waals surface area contributed by atoms with Crippen molar-refractivity contribution in [2.75, 3.05) is 19.6 Å². The predicted octanol–water partition coefficient (Wildman–Crippen LogP) is 2.54. The number of urea groups is 1. The Bertz CT molecular complexity index is 745. The van der Waals surface area contributed by atoms with Gasteiger partial charge in [-0.05, 0) is 43.5 Å². The van der Waals surface area contributed by atoms with E-state index in [1.54, 1.807) is 17.0 Å². The van der Waals surface area contributed by atoms with Crippen LogP contribution in [-0.4, -0.2) is 42.5 Å². The zero-order valence-corrected chi connectivity index (χ0v) is 16.7. The van der Waals surface area contributed by atoms with E-state index in [1.165, 1.54) is 5.56 Å². The molecule has 0 fully saturated rings. The Balaban J connectivity index is 1.93. The van der Waals surface area contributed by atoms with Crippen LogP contribution in [0.15, 0.2) is 54.6 Å². The number of nitrogens with two attached hydrogens (primary N) is 1. The highest BCUT2D eigenvalue weighted by Crippen LogP contribution is 2.09. The van der Waals surface area contributed by atoms with Gasteiger partial charge in [-0.25, -0.2) is 4.79 Å². The maximum Gasteiger partial charge on any atom is 0.315 e. The van der Waals surface area contributed by atoms with Crippen molar-refractivity contribution in [3.63, 3.8) is 0 Å². The van der Waals surface area contributed by atoms with Crippen molar-refractivity contribution in [1.82, 2.24) is 15.5 Å². The van der Waals surface area contributed by atoms with Gasteiger partial charge in [0.05, 0.1) is 0 Å². The van der Waals surface area contributed by atoms with E-state index in [2.05, 4.69) is 22.8 Å². The summed E-state index contributed by atoms with van der Waals surface area (Å²) in [7, 11) is 0. The van der Waals surface area contributed by atoms with Gasteiger partial charge < -0.3 is 21.3 Å². The number of amides is 3. The highest BCUT2D eigenvalue weighted by molar-refractivity contribution is 5.94. The number of carbonyl (C=O) groups is 2. The molecule has 2 aromatic carbocycles. The zero-order valence-electron chi connectivity index (χ0n) is 16.7. The lowest BCUT2D eigenvalue weighted by Gasteiger charge is -2.22. The van der Waals surface area contributed by atoms with Crippen molar-refractivity contribution in [2.24, 2.45) is 5.73 Å². The van der Waals surface area contributed by atoms with Gasteiger partial charge in [-0.15, -0.1) is 0 Å². The van der Waals surface area contributed by atoms with E-state index >= 15 is 0 Å². The average molecular weight is 383 g/mol. The first-order valence-corrected chi connectivity index (χ1v) is 9.66. The van der Waals surface area contributed by atoms with Crippen molar-refractivity contribution in [1.29, 1.82) is 0 Å². The highest BCUT2D eigenvalue weighted by atomic mass is 16.2. The van der Waals surface area contributed by atoms with Gasteiger partial charge in [0.1, 0.15) is 0 Å². The maximum atomic E-state index is 12.8. The van der Waals surface area contributed by atoms with Gasteiger partial charge in [0.25, 0.3) is 5.91 Å². The molecule has 0 unspecified atom stereocenters. The molecule has 28 heavy (non-hydrogen) atoms. The summed E-state index contributed by atoms with van der Waals surface area (Å²) in [5.41, 5.74) is 8.45. The molecule has 3 amide bonds. The number of benzene rings is 2. The molecule has 6 heteroatoms. The number of nitrogens with zero attached hydrogens (tertiary/aromatic N) is 1. The summed E-state index contributed by atoms with van der Waals surface area (Å²) in [6.45, 7) is 5.79. The molecule has 0 saturated heterocycles. The SMILES string of the molecule is CC(C)NC(=O)NCc1ccc(C(=O)N(CCN)CCc2ccccc2)cc1. The first-order valence-electron chi connectivity index (χ1n) is 9.66. The zero-order chi connectivity index (χ0) is 20.4. The Morgan fingerprint density at radius 1 is 0.964 bits per heavy atom. The lowest BCUT2D eigenvalue weighted by molar-refractivity contribution is 0.0762. The monoisotopic (exact) mass is 382 g/mol. The second kappa shape index (κ2) is 11.1. The molecule has 0 bridgehead atoms. The van der Waals surface area contributed by atoms with E-state index in [4.69, 9.17) is 5.73 Å². The Hall–Kier alpha value is -2.86. The molecule has 0 aromatic heterocycles. The lowest BCUT2D eigenvalue weighted by atomic mass is 10.1. The van der Waals surface area contributed by atoms with Crippen LogP contribution in [0.2, 0.25) is 0 Å². The normalized spacial score (nSPS) is 10.6. The smallest absolute Gasteiger partial charge is 0.315 e. The van der Waals surface area contributed by atoms with Gasteiger partial charge >= 0.3 is 6.03 Å². The quantitative estimate of drug-likeness (QED) is 0.623. The fraction of sp³-hybridized carbons (Fsp3) is 0.364. The molecule has 150 valence electrons. The van der Waals surface area contributed by atoms with Crippen LogP contribution in [0.25, 0.3) is 0 Å². The third-order valence-electron chi connectivity index (χ3n) is 4.27. The Labute approximate surface area is 167 Å². The summed E-state index contributed by atoms with van der Waals surface area (Å²) < 4.78 is 0. The lowest BCUT2D eigenvalue weighted by Crippen LogP contribution is -2.39. The van der Waals surface area contributed by atoms with Gasteiger partial charge in [0.15, 0.2) is 0 Å². The molecule has 2 aromatic rings. The fourth-order valence-corrected chi connectivity index (χ4v) is 2.82. The molecule has 0 heterocycles. The number of carbonyl (C=O) groups excluding carboxylic acids is 2. The van der Waals surface area contributed by atoms with Crippen LogP contribution < -0.4 is 16.4 Å². The minimum absolute atomic E-state index is 0.0292. The molecular weight excluding hydrogens is 352 g/mol. The third-order valence-corrected chi connectivity index (χ3v) is 4.27. The number of rotatable bonds is 9. The molecule has 0 aliphatic carbocycles. The Kier molecular flexibility index (Phi) is 8.49. The van der Waals surface area contributed by atoms with Crippen LogP contribution in [0.5, 0.6) is 0 Å². The molecular formula is C22H30N4O2. The first kappa shape index (κ1) is 21.4.